The van der Waals surface area contributed by atoms with Crippen molar-refractivity contribution in [1.29, 1.82) is 0 Å². The number of benzene rings is 2. The van der Waals surface area contributed by atoms with Gasteiger partial charge < -0.3 is 15.0 Å². The van der Waals surface area contributed by atoms with Crippen LogP contribution in [0.5, 0.6) is 5.75 Å². The molecule has 174 valence electrons. The minimum atomic E-state index is 0.0999. The Hall–Kier alpha value is -3.45. The van der Waals surface area contributed by atoms with E-state index in [1.54, 1.807) is 18.4 Å². The van der Waals surface area contributed by atoms with Gasteiger partial charge >= 0.3 is 0 Å². The first-order valence-corrected chi connectivity index (χ1v) is 12.6. The van der Waals surface area contributed by atoms with Gasteiger partial charge in [-0.1, -0.05) is 41.7 Å². The molecule has 0 amide bonds. The molecular weight excluding hydrogens is 442 g/mol. The maximum absolute atomic E-state index is 5.35. The van der Waals surface area contributed by atoms with E-state index in [0.29, 0.717) is 5.95 Å². The number of ether oxygens (including phenoxy) is 1. The van der Waals surface area contributed by atoms with Crippen molar-refractivity contribution in [2.24, 2.45) is 0 Å². The van der Waals surface area contributed by atoms with E-state index in [-0.39, 0.29) is 6.04 Å². The van der Waals surface area contributed by atoms with Crippen molar-refractivity contribution in [3.05, 3.63) is 72.4 Å². The molecule has 1 fully saturated rings. The molecule has 0 unspecified atom stereocenters. The second-order valence-corrected chi connectivity index (χ2v) is 9.47. The lowest BCUT2D eigenvalue weighted by molar-refractivity contribution is 0.415. The van der Waals surface area contributed by atoms with Crippen LogP contribution < -0.4 is 15.0 Å². The van der Waals surface area contributed by atoms with Gasteiger partial charge in [-0.3, -0.25) is 0 Å². The maximum Gasteiger partial charge on any atom is 0.223 e. The lowest BCUT2D eigenvalue weighted by atomic mass is 10.1. The van der Waals surface area contributed by atoms with Gasteiger partial charge in [-0.25, -0.2) is 15.0 Å². The van der Waals surface area contributed by atoms with Gasteiger partial charge in [-0.15, -0.1) is 0 Å². The summed E-state index contributed by atoms with van der Waals surface area (Å²) < 4.78 is 5.35. The number of nitrogens with one attached hydrogen (secondary N) is 1. The van der Waals surface area contributed by atoms with E-state index in [4.69, 9.17) is 14.7 Å². The summed E-state index contributed by atoms with van der Waals surface area (Å²) in [4.78, 5) is 17.9. The quantitative estimate of drug-likeness (QED) is 0.335. The fraction of sp³-hybridized carbons (Fsp3) is 0.296. The van der Waals surface area contributed by atoms with E-state index in [1.807, 2.05) is 42.6 Å². The third kappa shape index (κ3) is 4.89. The number of thiazole rings is 1. The number of nitrogens with zero attached hydrogens (tertiary/aromatic N) is 4. The number of methoxy groups -OCH3 is 1. The fourth-order valence-corrected chi connectivity index (χ4v) is 5.33. The van der Waals surface area contributed by atoms with Gasteiger partial charge in [0.1, 0.15) is 5.75 Å². The lowest BCUT2D eigenvalue weighted by Crippen LogP contribution is -2.29. The Morgan fingerprint density at radius 3 is 2.44 bits per heavy atom. The zero-order valence-electron chi connectivity index (χ0n) is 19.6. The highest BCUT2D eigenvalue weighted by Gasteiger charge is 2.21. The van der Waals surface area contributed by atoms with Crippen molar-refractivity contribution in [3.8, 4) is 27.6 Å². The van der Waals surface area contributed by atoms with E-state index in [0.717, 1.165) is 45.8 Å². The first kappa shape index (κ1) is 22.3. The van der Waals surface area contributed by atoms with Gasteiger partial charge in [0.25, 0.3) is 0 Å². The summed E-state index contributed by atoms with van der Waals surface area (Å²) >= 11 is 1.71. The van der Waals surface area contributed by atoms with Crippen molar-refractivity contribution < 1.29 is 4.74 Å². The number of aromatic nitrogens is 3. The van der Waals surface area contributed by atoms with E-state index >= 15 is 0 Å². The highest BCUT2D eigenvalue weighted by molar-refractivity contribution is 7.19. The summed E-state index contributed by atoms with van der Waals surface area (Å²) in [6.07, 6.45) is 5.54. The zero-order chi connectivity index (χ0) is 23.3. The first-order valence-electron chi connectivity index (χ1n) is 11.8. The van der Waals surface area contributed by atoms with Crippen LogP contribution in [0.2, 0.25) is 0 Å². The highest BCUT2D eigenvalue weighted by Crippen LogP contribution is 2.40. The normalized spacial score (nSPS) is 14.6. The second-order valence-electron chi connectivity index (χ2n) is 8.49. The summed E-state index contributed by atoms with van der Waals surface area (Å²) in [7, 11) is 1.68. The molecule has 1 N–H and O–H groups in total. The summed E-state index contributed by atoms with van der Waals surface area (Å²) in [5, 5.41) is 4.51. The molecule has 5 rings (SSSR count). The first-order chi connectivity index (χ1) is 16.7. The predicted molar refractivity (Wildman–Crippen MR) is 140 cm³/mol. The number of piperidine rings is 1. The molecule has 2 aromatic carbocycles. The summed E-state index contributed by atoms with van der Waals surface area (Å²) in [5.74, 6) is 1.45. The molecule has 4 aromatic rings. The number of hydrogen-bond acceptors (Lipinski definition) is 7. The highest BCUT2D eigenvalue weighted by atomic mass is 32.1. The van der Waals surface area contributed by atoms with Crippen LogP contribution in [0.1, 0.15) is 37.8 Å². The molecular formula is C27H29N5OS. The summed E-state index contributed by atoms with van der Waals surface area (Å²) in [6, 6.07) is 20.5. The molecule has 1 aliphatic rings. The Balaban J connectivity index is 1.50. The van der Waals surface area contributed by atoms with Crippen LogP contribution in [0.25, 0.3) is 21.8 Å². The molecule has 1 saturated heterocycles. The van der Waals surface area contributed by atoms with Gasteiger partial charge in [-0.2, -0.15) is 0 Å². The molecule has 3 heterocycles. The van der Waals surface area contributed by atoms with Crippen LogP contribution in [0.15, 0.2) is 66.9 Å². The van der Waals surface area contributed by atoms with Crippen molar-refractivity contribution in [2.45, 2.75) is 32.2 Å². The number of anilines is 2. The summed E-state index contributed by atoms with van der Waals surface area (Å²) in [5.41, 5.74) is 4.08. The Kier molecular flexibility index (Phi) is 6.72. The third-order valence-corrected chi connectivity index (χ3v) is 7.28. The SMILES string of the molecule is COc1ccc(-c2nc(N3CCCCC3)sc2-c2ccnc(N[C@@H](C)c3ccccc3)n2)cc1. The Labute approximate surface area is 204 Å². The van der Waals surface area contributed by atoms with Gasteiger partial charge in [-0.05, 0) is 62.1 Å². The van der Waals surface area contributed by atoms with Crippen molar-refractivity contribution in [3.63, 3.8) is 0 Å². The van der Waals surface area contributed by atoms with E-state index < -0.39 is 0 Å². The topological polar surface area (TPSA) is 63.2 Å². The van der Waals surface area contributed by atoms with Crippen LogP contribution in [-0.2, 0) is 0 Å². The Morgan fingerprint density at radius 1 is 0.941 bits per heavy atom. The average Bonchev–Trinajstić information content (AvgIpc) is 3.36. The molecule has 0 radical (unpaired) electrons. The Bertz CT molecular complexity index is 1220. The van der Waals surface area contributed by atoms with Gasteiger partial charge in [0, 0.05) is 24.8 Å². The maximum atomic E-state index is 5.35. The predicted octanol–water partition coefficient (Wildman–Crippen LogP) is 6.44. The van der Waals surface area contributed by atoms with E-state index in [9.17, 15) is 0 Å². The molecule has 2 aromatic heterocycles. The third-order valence-electron chi connectivity index (χ3n) is 6.14. The van der Waals surface area contributed by atoms with Crippen LogP contribution in [-0.4, -0.2) is 35.2 Å². The molecule has 7 heteroatoms. The molecule has 6 nitrogen and oxygen atoms in total. The van der Waals surface area contributed by atoms with Crippen molar-refractivity contribution >= 4 is 22.4 Å². The van der Waals surface area contributed by atoms with Gasteiger partial charge in [0.15, 0.2) is 5.13 Å². The zero-order valence-corrected chi connectivity index (χ0v) is 20.4. The van der Waals surface area contributed by atoms with Crippen LogP contribution >= 0.6 is 11.3 Å². The minimum absolute atomic E-state index is 0.0999. The minimum Gasteiger partial charge on any atom is -0.497 e. The van der Waals surface area contributed by atoms with E-state index in [1.165, 1.54) is 24.8 Å². The van der Waals surface area contributed by atoms with Crippen molar-refractivity contribution in [1.82, 2.24) is 15.0 Å². The Morgan fingerprint density at radius 2 is 1.71 bits per heavy atom. The summed E-state index contributed by atoms with van der Waals surface area (Å²) in [6.45, 7) is 4.23. The van der Waals surface area contributed by atoms with Crippen LogP contribution in [0.3, 0.4) is 0 Å². The van der Waals surface area contributed by atoms with Crippen LogP contribution in [0.4, 0.5) is 11.1 Å². The molecule has 0 bridgehead atoms. The molecule has 1 aliphatic heterocycles. The van der Waals surface area contributed by atoms with Crippen LogP contribution in [0, 0.1) is 0 Å². The number of hydrogen-bond donors (Lipinski definition) is 1. The molecule has 34 heavy (non-hydrogen) atoms. The van der Waals surface area contributed by atoms with Crippen molar-refractivity contribution in [2.75, 3.05) is 30.4 Å². The standard InChI is InChI=1S/C27H29N5OS/c1-19(20-9-5-3-6-10-20)29-26-28-16-15-23(30-26)25-24(21-11-13-22(33-2)14-12-21)31-27(34-25)32-17-7-4-8-18-32/h3,5-6,9-16,19H,4,7-8,17-18H2,1-2H3,(H,28,29,30)/t19-/m0/s1. The molecule has 0 saturated carbocycles. The van der Waals surface area contributed by atoms with Gasteiger partial charge in [0.05, 0.1) is 29.4 Å². The smallest absolute Gasteiger partial charge is 0.223 e. The lowest BCUT2D eigenvalue weighted by Gasteiger charge is -2.25. The molecule has 0 aliphatic carbocycles. The van der Waals surface area contributed by atoms with E-state index in [2.05, 4.69) is 46.4 Å². The molecule has 1 atom stereocenters. The fourth-order valence-electron chi connectivity index (χ4n) is 4.22. The second kappa shape index (κ2) is 10.2. The number of rotatable bonds is 7. The largest absolute Gasteiger partial charge is 0.497 e. The average molecular weight is 472 g/mol. The monoisotopic (exact) mass is 471 g/mol. The molecule has 0 spiro atoms. The van der Waals surface area contributed by atoms with Gasteiger partial charge in [0.2, 0.25) is 5.95 Å².